The molecule has 3 nitrogen and oxygen atoms in total. The summed E-state index contributed by atoms with van der Waals surface area (Å²) in [7, 11) is 0. The molecule has 18 heavy (non-hydrogen) atoms. The molecule has 2 rings (SSSR count). The molecule has 1 N–H and O–H groups in total. The number of nitrogens with one attached hydrogen (secondary N) is 1. The zero-order valence-electron chi connectivity index (χ0n) is 10.7. The first-order chi connectivity index (χ1) is 8.75. The van der Waals surface area contributed by atoms with Crippen molar-refractivity contribution in [2.45, 2.75) is 19.8 Å². The van der Waals surface area contributed by atoms with E-state index in [1.807, 2.05) is 18.3 Å². The highest BCUT2D eigenvalue weighted by molar-refractivity contribution is 5.80. The van der Waals surface area contributed by atoms with Crippen LogP contribution in [0.15, 0.2) is 53.9 Å². The quantitative estimate of drug-likeness (QED) is 0.653. The smallest absolute Gasteiger partial charge is 0.0592 e. The van der Waals surface area contributed by atoms with E-state index >= 15 is 0 Å². The number of hydrazone groups is 1. The maximum Gasteiger partial charge on any atom is 0.0592 e. The van der Waals surface area contributed by atoms with Crippen LogP contribution in [0.25, 0.3) is 0 Å². The highest BCUT2D eigenvalue weighted by atomic mass is 15.3. The molecule has 0 radical (unpaired) electrons. The predicted molar refractivity (Wildman–Crippen MR) is 76.0 cm³/mol. The number of hydrogen-bond acceptors (Lipinski definition) is 3. The minimum absolute atomic E-state index is 0.561. The summed E-state index contributed by atoms with van der Waals surface area (Å²) in [6.45, 7) is 4.38. The second-order valence-corrected chi connectivity index (χ2v) is 4.43. The summed E-state index contributed by atoms with van der Waals surface area (Å²) in [5, 5.41) is 4.18. The first-order valence-corrected chi connectivity index (χ1v) is 6.05. The topological polar surface area (TPSA) is 37.3 Å². The Labute approximate surface area is 108 Å². The number of benzene rings is 1. The molecule has 0 bridgehead atoms. The molecule has 3 heteroatoms. The molecule has 0 fully saturated rings. The lowest BCUT2D eigenvalue weighted by Gasteiger charge is -2.04. The lowest BCUT2D eigenvalue weighted by molar-refractivity contribution is 0.866. The van der Waals surface area contributed by atoms with E-state index in [1.54, 1.807) is 12.4 Å². The van der Waals surface area contributed by atoms with Crippen LogP contribution in [0.5, 0.6) is 0 Å². The van der Waals surface area contributed by atoms with Crippen LogP contribution in [0.2, 0.25) is 0 Å². The molecule has 0 saturated carbocycles. The van der Waals surface area contributed by atoms with Gasteiger partial charge in [0.15, 0.2) is 0 Å². The van der Waals surface area contributed by atoms with E-state index in [1.165, 1.54) is 5.56 Å². The fourth-order valence-corrected chi connectivity index (χ4v) is 1.57. The van der Waals surface area contributed by atoms with Crippen LogP contribution >= 0.6 is 0 Å². The molecule has 1 heterocycles. The molecule has 1 aromatic heterocycles. The normalized spacial score (nSPS) is 11.1. The minimum atomic E-state index is 0.561. The average Bonchev–Trinajstić information content (AvgIpc) is 2.40. The zero-order valence-corrected chi connectivity index (χ0v) is 10.7. The van der Waals surface area contributed by atoms with Gasteiger partial charge in [-0.15, -0.1) is 0 Å². The fraction of sp³-hybridized carbons (Fsp3) is 0.200. The number of rotatable bonds is 4. The summed E-state index contributed by atoms with van der Waals surface area (Å²) in [4.78, 5) is 3.95. The second-order valence-electron chi connectivity index (χ2n) is 4.43. The van der Waals surface area contributed by atoms with Crippen LogP contribution < -0.4 is 5.43 Å². The van der Waals surface area contributed by atoms with Gasteiger partial charge in [0, 0.05) is 12.4 Å². The molecule has 0 saturated heterocycles. The SMILES string of the molecule is CC(C)c1ccc(/C=N/Nc2ccncc2)cc1. The Hall–Kier alpha value is -2.16. The molecule has 0 unspecified atom stereocenters. The Kier molecular flexibility index (Phi) is 4.07. The van der Waals surface area contributed by atoms with Crippen molar-refractivity contribution in [3.63, 3.8) is 0 Å². The maximum atomic E-state index is 4.18. The van der Waals surface area contributed by atoms with E-state index in [9.17, 15) is 0 Å². The summed E-state index contributed by atoms with van der Waals surface area (Å²) in [5.74, 6) is 0.561. The van der Waals surface area contributed by atoms with Gasteiger partial charge in [-0.3, -0.25) is 10.4 Å². The van der Waals surface area contributed by atoms with Crippen LogP contribution in [0.1, 0.15) is 30.9 Å². The second kappa shape index (κ2) is 5.96. The summed E-state index contributed by atoms with van der Waals surface area (Å²) >= 11 is 0. The summed E-state index contributed by atoms with van der Waals surface area (Å²) < 4.78 is 0. The molecule has 2 aromatic rings. The van der Waals surface area contributed by atoms with Crippen molar-refractivity contribution in [3.05, 3.63) is 59.9 Å². The third-order valence-electron chi connectivity index (χ3n) is 2.69. The van der Waals surface area contributed by atoms with Gasteiger partial charge in [-0.2, -0.15) is 5.10 Å². The zero-order chi connectivity index (χ0) is 12.8. The van der Waals surface area contributed by atoms with E-state index in [-0.39, 0.29) is 0 Å². The molecule has 1 aromatic carbocycles. The third-order valence-corrected chi connectivity index (χ3v) is 2.69. The van der Waals surface area contributed by atoms with Crippen LogP contribution in [-0.2, 0) is 0 Å². The Morgan fingerprint density at radius 3 is 2.33 bits per heavy atom. The van der Waals surface area contributed by atoms with Crippen molar-refractivity contribution in [1.29, 1.82) is 0 Å². The Balaban J connectivity index is 1.97. The number of aromatic nitrogens is 1. The van der Waals surface area contributed by atoms with E-state index in [4.69, 9.17) is 0 Å². The van der Waals surface area contributed by atoms with Crippen LogP contribution in [-0.4, -0.2) is 11.2 Å². The largest absolute Gasteiger partial charge is 0.278 e. The molecule has 0 spiro atoms. The summed E-state index contributed by atoms with van der Waals surface area (Å²) in [5.41, 5.74) is 6.32. The highest BCUT2D eigenvalue weighted by Gasteiger charge is 1.97. The van der Waals surface area contributed by atoms with Gasteiger partial charge in [0.05, 0.1) is 11.9 Å². The van der Waals surface area contributed by atoms with E-state index in [0.29, 0.717) is 5.92 Å². The monoisotopic (exact) mass is 239 g/mol. The lowest BCUT2D eigenvalue weighted by atomic mass is 10.0. The van der Waals surface area contributed by atoms with Gasteiger partial charge in [-0.25, -0.2) is 0 Å². The van der Waals surface area contributed by atoms with Gasteiger partial charge in [0.1, 0.15) is 0 Å². The molecule has 0 aliphatic rings. The van der Waals surface area contributed by atoms with Gasteiger partial charge < -0.3 is 0 Å². The maximum absolute atomic E-state index is 4.18. The first kappa shape index (κ1) is 12.3. The third kappa shape index (κ3) is 3.42. The number of nitrogens with zero attached hydrogens (tertiary/aromatic N) is 2. The fourth-order valence-electron chi connectivity index (χ4n) is 1.57. The van der Waals surface area contributed by atoms with Crippen molar-refractivity contribution in [2.24, 2.45) is 5.10 Å². The number of hydrogen-bond donors (Lipinski definition) is 1. The molecule has 0 aliphatic carbocycles. The molecular formula is C15H17N3. The van der Waals surface area contributed by atoms with E-state index in [2.05, 4.69) is 53.6 Å². The van der Waals surface area contributed by atoms with Crippen LogP contribution in [0, 0.1) is 0 Å². The first-order valence-electron chi connectivity index (χ1n) is 6.05. The molecule has 92 valence electrons. The molecule has 0 aliphatic heterocycles. The van der Waals surface area contributed by atoms with Crippen molar-refractivity contribution < 1.29 is 0 Å². The van der Waals surface area contributed by atoms with Gasteiger partial charge in [0.25, 0.3) is 0 Å². The van der Waals surface area contributed by atoms with Gasteiger partial charge in [0.2, 0.25) is 0 Å². The van der Waals surface area contributed by atoms with Gasteiger partial charge in [-0.05, 0) is 29.2 Å². The van der Waals surface area contributed by atoms with Crippen molar-refractivity contribution >= 4 is 11.9 Å². The Morgan fingerprint density at radius 2 is 1.72 bits per heavy atom. The van der Waals surface area contributed by atoms with E-state index in [0.717, 1.165) is 11.3 Å². The number of anilines is 1. The lowest BCUT2D eigenvalue weighted by Crippen LogP contribution is -1.92. The highest BCUT2D eigenvalue weighted by Crippen LogP contribution is 2.13. The standard InChI is InChI=1S/C15H17N3/c1-12(2)14-5-3-13(4-6-14)11-17-18-15-7-9-16-10-8-15/h3-12H,1-2H3,(H,16,18)/b17-11+. The minimum Gasteiger partial charge on any atom is -0.278 e. The molecule has 0 amide bonds. The summed E-state index contributed by atoms with van der Waals surface area (Å²) in [6, 6.07) is 12.2. The Bertz CT molecular complexity index is 501. The van der Waals surface area contributed by atoms with Crippen molar-refractivity contribution in [1.82, 2.24) is 4.98 Å². The molecular weight excluding hydrogens is 222 g/mol. The predicted octanol–water partition coefficient (Wildman–Crippen LogP) is 3.65. The van der Waals surface area contributed by atoms with Crippen LogP contribution in [0.4, 0.5) is 5.69 Å². The van der Waals surface area contributed by atoms with Gasteiger partial charge >= 0.3 is 0 Å². The van der Waals surface area contributed by atoms with Crippen LogP contribution in [0.3, 0.4) is 0 Å². The molecule has 0 atom stereocenters. The number of pyridine rings is 1. The summed E-state index contributed by atoms with van der Waals surface area (Å²) in [6.07, 6.45) is 5.27. The van der Waals surface area contributed by atoms with Gasteiger partial charge in [-0.1, -0.05) is 38.1 Å². The van der Waals surface area contributed by atoms with E-state index < -0.39 is 0 Å². The van der Waals surface area contributed by atoms with Crippen molar-refractivity contribution in [2.75, 3.05) is 5.43 Å². The Morgan fingerprint density at radius 1 is 1.06 bits per heavy atom. The average molecular weight is 239 g/mol. The van der Waals surface area contributed by atoms with Crippen molar-refractivity contribution in [3.8, 4) is 0 Å².